The first-order chi connectivity index (χ1) is 16.4. The summed E-state index contributed by atoms with van der Waals surface area (Å²) in [6.07, 6.45) is 2.70. The third kappa shape index (κ3) is 5.89. The van der Waals surface area contributed by atoms with E-state index in [1.54, 1.807) is 41.3 Å². The summed E-state index contributed by atoms with van der Waals surface area (Å²) < 4.78 is 7.65. The van der Waals surface area contributed by atoms with Crippen molar-refractivity contribution in [3.05, 3.63) is 90.1 Å². The van der Waals surface area contributed by atoms with Gasteiger partial charge < -0.3 is 4.74 Å². The molecule has 1 aliphatic heterocycles. The largest absolute Gasteiger partial charge is 0.492 e. The second-order valence-corrected chi connectivity index (χ2v) is 10.9. The number of halogens is 4. The van der Waals surface area contributed by atoms with Gasteiger partial charge in [-0.25, -0.2) is 4.99 Å². The minimum Gasteiger partial charge on any atom is -0.492 e. The molecule has 1 amide bonds. The van der Waals surface area contributed by atoms with Crippen LogP contribution >= 0.6 is 66.8 Å². The molecule has 0 N–H and O–H groups in total. The third-order valence-electron chi connectivity index (χ3n) is 4.72. The van der Waals surface area contributed by atoms with Gasteiger partial charge in [0, 0.05) is 20.1 Å². The minimum absolute atomic E-state index is 0.183. The molecule has 0 unspecified atom stereocenters. The number of aliphatic imine (C=N–C) groups is 1. The van der Waals surface area contributed by atoms with Crippen molar-refractivity contribution in [3.8, 4) is 5.75 Å². The fraction of sp³-hybridized carbons (Fsp3) is 0.120. The number of hydrogen-bond donors (Lipinski definition) is 0. The van der Waals surface area contributed by atoms with Gasteiger partial charge in [0.15, 0.2) is 5.17 Å². The molecule has 1 heterocycles. The minimum atomic E-state index is -0.183. The monoisotopic (exact) mass is 638 g/mol. The quantitative estimate of drug-likeness (QED) is 0.252. The maximum absolute atomic E-state index is 13.6. The highest BCUT2D eigenvalue weighted by Gasteiger charge is 2.35. The standard InChI is InChI=1S/C25H18Br2Cl2N2O2S/c1-2-11-33-23-15(12-16(26)14-21(23)27)13-22-24(32)31(20-9-5-18(29)6-10-20)25(34-22)30-19-7-3-17(28)4-8-19/h3-10,12-14H,2,11H2,1H3/b22-13-,30-25?. The van der Waals surface area contributed by atoms with Crippen molar-refractivity contribution >= 4 is 95.3 Å². The Hall–Kier alpha value is -1.77. The highest BCUT2D eigenvalue weighted by Crippen LogP contribution is 2.41. The van der Waals surface area contributed by atoms with E-state index < -0.39 is 0 Å². The van der Waals surface area contributed by atoms with E-state index in [1.165, 1.54) is 11.8 Å². The van der Waals surface area contributed by atoms with Crippen molar-refractivity contribution < 1.29 is 9.53 Å². The van der Waals surface area contributed by atoms with Crippen LogP contribution in [0.3, 0.4) is 0 Å². The molecule has 4 rings (SSSR count). The molecule has 1 saturated heterocycles. The first-order valence-electron chi connectivity index (χ1n) is 10.3. The number of nitrogens with zero attached hydrogens (tertiary/aromatic N) is 2. The van der Waals surface area contributed by atoms with Crippen molar-refractivity contribution in [2.24, 2.45) is 4.99 Å². The molecule has 1 fully saturated rings. The zero-order chi connectivity index (χ0) is 24.2. The number of benzene rings is 3. The van der Waals surface area contributed by atoms with E-state index in [2.05, 4.69) is 31.9 Å². The van der Waals surface area contributed by atoms with Gasteiger partial charge in [0.1, 0.15) is 5.75 Å². The van der Waals surface area contributed by atoms with Crippen molar-refractivity contribution in [2.75, 3.05) is 11.5 Å². The highest BCUT2D eigenvalue weighted by atomic mass is 79.9. The number of rotatable bonds is 6. The Bertz CT molecular complexity index is 1280. The topological polar surface area (TPSA) is 41.9 Å². The average molecular weight is 641 g/mol. The fourth-order valence-electron chi connectivity index (χ4n) is 3.18. The Kier molecular flexibility index (Phi) is 8.43. The van der Waals surface area contributed by atoms with E-state index in [9.17, 15) is 4.79 Å². The zero-order valence-corrected chi connectivity index (χ0v) is 23.4. The zero-order valence-electron chi connectivity index (χ0n) is 17.9. The molecule has 34 heavy (non-hydrogen) atoms. The molecule has 0 spiro atoms. The molecule has 0 saturated carbocycles. The van der Waals surface area contributed by atoms with E-state index >= 15 is 0 Å². The number of carbonyl (C=O) groups is 1. The summed E-state index contributed by atoms with van der Waals surface area (Å²) >= 11 is 20.5. The molecule has 3 aromatic rings. The molecule has 9 heteroatoms. The van der Waals surface area contributed by atoms with Crippen molar-refractivity contribution in [3.63, 3.8) is 0 Å². The molecule has 3 aromatic carbocycles. The Morgan fingerprint density at radius 1 is 1.03 bits per heavy atom. The summed E-state index contributed by atoms with van der Waals surface area (Å²) in [5.74, 6) is 0.504. The average Bonchev–Trinajstić information content (AvgIpc) is 3.10. The normalized spacial score (nSPS) is 16.0. The molecule has 0 atom stereocenters. The number of thioether (sulfide) groups is 1. The summed E-state index contributed by atoms with van der Waals surface area (Å²) in [6.45, 7) is 2.61. The lowest BCUT2D eigenvalue weighted by Gasteiger charge is -2.15. The summed E-state index contributed by atoms with van der Waals surface area (Å²) in [5, 5.41) is 1.74. The number of hydrogen-bond acceptors (Lipinski definition) is 4. The van der Waals surface area contributed by atoms with E-state index in [-0.39, 0.29) is 5.91 Å². The Balaban J connectivity index is 1.79. The van der Waals surface area contributed by atoms with Gasteiger partial charge in [-0.1, -0.05) is 46.1 Å². The predicted octanol–water partition coefficient (Wildman–Crippen LogP) is 9.12. The van der Waals surface area contributed by atoms with Gasteiger partial charge in [-0.15, -0.1) is 0 Å². The van der Waals surface area contributed by atoms with Crippen molar-refractivity contribution in [2.45, 2.75) is 13.3 Å². The van der Waals surface area contributed by atoms with Crippen molar-refractivity contribution in [1.82, 2.24) is 0 Å². The molecule has 0 bridgehead atoms. The van der Waals surface area contributed by atoms with Crippen LogP contribution in [-0.2, 0) is 4.79 Å². The molecule has 1 aliphatic rings. The van der Waals surface area contributed by atoms with Crippen LogP contribution in [0.5, 0.6) is 5.75 Å². The summed E-state index contributed by atoms with van der Waals surface area (Å²) in [5.41, 5.74) is 2.15. The van der Waals surface area contributed by atoms with Gasteiger partial charge >= 0.3 is 0 Å². The van der Waals surface area contributed by atoms with Crippen LogP contribution < -0.4 is 9.64 Å². The lowest BCUT2D eigenvalue weighted by Crippen LogP contribution is -2.28. The number of amidine groups is 1. The molecule has 0 aliphatic carbocycles. The molecule has 174 valence electrons. The van der Waals surface area contributed by atoms with Crippen LogP contribution in [0.25, 0.3) is 6.08 Å². The molecule has 0 radical (unpaired) electrons. The number of anilines is 1. The third-order valence-corrected chi connectivity index (χ3v) is 7.24. The van der Waals surface area contributed by atoms with Crippen LogP contribution in [0.4, 0.5) is 11.4 Å². The van der Waals surface area contributed by atoms with E-state index in [4.69, 9.17) is 32.9 Å². The maximum Gasteiger partial charge on any atom is 0.271 e. The van der Waals surface area contributed by atoms with Gasteiger partial charge in [0.05, 0.1) is 27.4 Å². The molecular formula is C25H18Br2Cl2N2O2S. The van der Waals surface area contributed by atoms with Crippen LogP contribution in [0.1, 0.15) is 18.9 Å². The van der Waals surface area contributed by atoms with Crippen LogP contribution in [-0.4, -0.2) is 17.7 Å². The maximum atomic E-state index is 13.6. The van der Waals surface area contributed by atoms with Gasteiger partial charge in [0.2, 0.25) is 0 Å². The first-order valence-corrected chi connectivity index (χ1v) is 13.5. The molecule has 4 nitrogen and oxygen atoms in total. The Morgan fingerprint density at radius 3 is 2.32 bits per heavy atom. The van der Waals surface area contributed by atoms with E-state index in [0.717, 1.165) is 20.9 Å². The van der Waals surface area contributed by atoms with Crippen molar-refractivity contribution in [1.29, 1.82) is 0 Å². The first kappa shape index (κ1) is 25.3. The van der Waals surface area contributed by atoms with Crippen LogP contribution in [0.15, 0.2) is 79.5 Å². The van der Waals surface area contributed by atoms with Gasteiger partial charge in [-0.3, -0.25) is 9.69 Å². The van der Waals surface area contributed by atoms with Gasteiger partial charge in [0.25, 0.3) is 5.91 Å². The second-order valence-electron chi connectivity index (χ2n) is 7.25. The lowest BCUT2D eigenvalue weighted by molar-refractivity contribution is -0.113. The summed E-state index contributed by atoms with van der Waals surface area (Å²) in [4.78, 5) is 20.4. The van der Waals surface area contributed by atoms with Gasteiger partial charge in [-0.2, -0.15) is 0 Å². The van der Waals surface area contributed by atoms with Gasteiger partial charge in [-0.05, 0) is 101 Å². The van der Waals surface area contributed by atoms with E-state index in [0.29, 0.717) is 43.8 Å². The van der Waals surface area contributed by atoms with E-state index in [1.807, 2.05) is 37.3 Å². The predicted molar refractivity (Wildman–Crippen MR) is 151 cm³/mol. The summed E-state index contributed by atoms with van der Waals surface area (Å²) in [6, 6.07) is 18.1. The smallest absolute Gasteiger partial charge is 0.271 e. The van der Waals surface area contributed by atoms with Crippen LogP contribution in [0.2, 0.25) is 10.0 Å². The second kappa shape index (κ2) is 11.3. The Labute approximate surface area is 229 Å². The SMILES string of the molecule is CCCOc1c(Br)cc(Br)cc1/C=C1\SC(=Nc2ccc(Cl)cc2)N(c2ccc(Cl)cc2)C1=O. The number of amides is 1. The Morgan fingerprint density at radius 2 is 1.68 bits per heavy atom. The highest BCUT2D eigenvalue weighted by molar-refractivity contribution is 9.11. The number of ether oxygens (including phenoxy) is 1. The number of carbonyl (C=O) groups excluding carboxylic acids is 1. The summed E-state index contributed by atoms with van der Waals surface area (Å²) in [7, 11) is 0. The van der Waals surface area contributed by atoms with Crippen LogP contribution in [0, 0.1) is 0 Å². The molecule has 0 aromatic heterocycles. The fourth-order valence-corrected chi connectivity index (χ4v) is 5.79. The lowest BCUT2D eigenvalue weighted by atomic mass is 10.1. The molecular weight excluding hydrogens is 623 g/mol.